The van der Waals surface area contributed by atoms with Crippen LogP contribution >= 0.6 is 23.2 Å². The van der Waals surface area contributed by atoms with E-state index in [1.165, 1.54) is 14.2 Å². The molecule has 1 aliphatic rings. The van der Waals surface area contributed by atoms with E-state index in [1.54, 1.807) is 30.3 Å². The van der Waals surface area contributed by atoms with Crippen molar-refractivity contribution < 1.29 is 19.1 Å². The van der Waals surface area contributed by atoms with Gasteiger partial charge in [-0.15, -0.1) is 0 Å². The minimum atomic E-state index is -0.506. The molecule has 2 aromatic rings. The molecule has 0 spiro atoms. The van der Waals surface area contributed by atoms with Crippen molar-refractivity contribution in [3.63, 3.8) is 0 Å². The predicted octanol–water partition coefficient (Wildman–Crippen LogP) is 3.47. The molecular formula is C22H25Cl2N3O4. The first kappa shape index (κ1) is 23.3. The number of carbonyl (C=O) groups excluding carboxylic acids is 2. The third-order valence-corrected chi connectivity index (χ3v) is 5.67. The summed E-state index contributed by atoms with van der Waals surface area (Å²) in [7, 11) is 2.92. The number of nitrogens with one attached hydrogen (secondary N) is 1. The van der Waals surface area contributed by atoms with Crippen LogP contribution in [-0.2, 0) is 14.3 Å². The van der Waals surface area contributed by atoms with Gasteiger partial charge in [0.05, 0.1) is 26.5 Å². The number of rotatable bonds is 7. The summed E-state index contributed by atoms with van der Waals surface area (Å²) < 4.78 is 10.3. The van der Waals surface area contributed by atoms with Gasteiger partial charge in [-0.25, -0.2) is 4.79 Å². The number of nitrogens with zero attached hydrogens (tertiary/aromatic N) is 2. The Hall–Kier alpha value is -2.32. The number of benzene rings is 2. The van der Waals surface area contributed by atoms with Crippen molar-refractivity contribution in [2.45, 2.75) is 6.04 Å². The fourth-order valence-electron chi connectivity index (χ4n) is 3.60. The molecule has 1 unspecified atom stereocenters. The number of anilines is 1. The van der Waals surface area contributed by atoms with Crippen molar-refractivity contribution in [2.24, 2.45) is 0 Å². The van der Waals surface area contributed by atoms with Crippen LogP contribution in [-0.4, -0.2) is 68.6 Å². The largest absolute Gasteiger partial charge is 0.495 e. The molecule has 1 heterocycles. The van der Waals surface area contributed by atoms with Gasteiger partial charge in [-0.2, -0.15) is 0 Å². The molecule has 0 bridgehead atoms. The van der Waals surface area contributed by atoms with E-state index in [0.29, 0.717) is 47.7 Å². The highest BCUT2D eigenvalue weighted by Gasteiger charge is 2.31. The van der Waals surface area contributed by atoms with Crippen LogP contribution in [0, 0.1) is 0 Å². The maximum absolute atomic E-state index is 12.5. The first-order valence-corrected chi connectivity index (χ1v) is 10.6. The predicted molar refractivity (Wildman–Crippen MR) is 121 cm³/mol. The second-order valence-corrected chi connectivity index (χ2v) is 8.06. The number of hydrogen-bond donors (Lipinski definition) is 1. The molecule has 9 heteroatoms. The minimum Gasteiger partial charge on any atom is -0.495 e. The molecule has 1 saturated heterocycles. The van der Waals surface area contributed by atoms with Gasteiger partial charge in [-0.1, -0.05) is 35.3 Å². The quantitative estimate of drug-likeness (QED) is 0.631. The number of ether oxygens (including phenoxy) is 2. The molecule has 1 amide bonds. The highest BCUT2D eigenvalue weighted by molar-refractivity contribution is 6.31. The Morgan fingerprint density at radius 3 is 2.26 bits per heavy atom. The minimum absolute atomic E-state index is 0.156. The Morgan fingerprint density at radius 1 is 1.00 bits per heavy atom. The van der Waals surface area contributed by atoms with Crippen molar-refractivity contribution in [3.8, 4) is 5.75 Å². The number of carbonyl (C=O) groups is 2. The van der Waals surface area contributed by atoms with Crippen LogP contribution in [0.5, 0.6) is 5.75 Å². The maximum atomic E-state index is 12.5. The molecule has 166 valence electrons. The van der Waals surface area contributed by atoms with E-state index < -0.39 is 6.04 Å². The summed E-state index contributed by atoms with van der Waals surface area (Å²) in [6.45, 7) is 2.75. The molecule has 3 rings (SSSR count). The molecule has 1 fully saturated rings. The molecule has 1 aliphatic heterocycles. The van der Waals surface area contributed by atoms with Gasteiger partial charge in [-0.05, 0) is 35.9 Å². The molecule has 0 aromatic heterocycles. The number of piperazine rings is 1. The number of methoxy groups -OCH3 is 2. The zero-order chi connectivity index (χ0) is 22.4. The van der Waals surface area contributed by atoms with Crippen LogP contribution in [0.4, 0.5) is 5.69 Å². The Kier molecular flexibility index (Phi) is 8.15. The molecule has 0 aliphatic carbocycles. The van der Waals surface area contributed by atoms with Crippen LogP contribution in [0.2, 0.25) is 10.0 Å². The molecule has 0 saturated carbocycles. The third kappa shape index (κ3) is 6.11. The number of hydrogen-bond acceptors (Lipinski definition) is 6. The van der Waals surface area contributed by atoms with Crippen molar-refractivity contribution >= 4 is 40.8 Å². The third-order valence-electron chi connectivity index (χ3n) is 5.19. The van der Waals surface area contributed by atoms with Crippen LogP contribution in [0.3, 0.4) is 0 Å². The van der Waals surface area contributed by atoms with Crippen LogP contribution < -0.4 is 10.1 Å². The normalized spacial score (nSPS) is 15.9. The topological polar surface area (TPSA) is 71.1 Å². The molecule has 0 radical (unpaired) electrons. The van der Waals surface area contributed by atoms with Gasteiger partial charge < -0.3 is 14.8 Å². The lowest BCUT2D eigenvalue weighted by Gasteiger charge is -2.38. The van der Waals surface area contributed by atoms with Crippen LogP contribution in [0.1, 0.15) is 11.6 Å². The smallest absolute Gasteiger partial charge is 0.327 e. The number of esters is 1. The van der Waals surface area contributed by atoms with Gasteiger partial charge in [0.15, 0.2) is 0 Å². The van der Waals surface area contributed by atoms with E-state index in [-0.39, 0.29) is 18.4 Å². The van der Waals surface area contributed by atoms with Gasteiger partial charge in [0.1, 0.15) is 11.8 Å². The van der Waals surface area contributed by atoms with Gasteiger partial charge in [0.2, 0.25) is 5.91 Å². The molecule has 7 nitrogen and oxygen atoms in total. The lowest BCUT2D eigenvalue weighted by Crippen LogP contribution is -2.51. The summed E-state index contributed by atoms with van der Waals surface area (Å²) in [5.41, 5.74) is 1.36. The number of halogens is 2. The second-order valence-electron chi connectivity index (χ2n) is 7.18. The average Bonchev–Trinajstić information content (AvgIpc) is 2.76. The summed E-state index contributed by atoms with van der Waals surface area (Å²) in [5.74, 6) is 0.0734. The summed E-state index contributed by atoms with van der Waals surface area (Å²) in [5, 5.41) is 3.98. The SMILES string of the molecule is COC(=O)C(c1ccc(Cl)cc1)N1CCN(CC(=O)Nc2cc(Cl)ccc2OC)CC1. The standard InChI is InChI=1S/C22H25Cl2N3O4/c1-30-19-8-7-17(24)13-18(19)25-20(28)14-26-9-11-27(12-10-26)21(22(29)31-2)15-3-5-16(23)6-4-15/h3-8,13,21H,9-12,14H2,1-2H3,(H,25,28). The molecular weight excluding hydrogens is 441 g/mol. The number of amides is 1. The second kappa shape index (κ2) is 10.8. The van der Waals surface area contributed by atoms with Crippen LogP contribution in [0.25, 0.3) is 0 Å². The monoisotopic (exact) mass is 465 g/mol. The highest BCUT2D eigenvalue weighted by atomic mass is 35.5. The fourth-order valence-corrected chi connectivity index (χ4v) is 3.90. The molecule has 1 N–H and O–H groups in total. The zero-order valence-corrected chi connectivity index (χ0v) is 18.9. The summed E-state index contributed by atoms with van der Waals surface area (Å²) in [6.07, 6.45) is 0. The van der Waals surface area contributed by atoms with E-state index in [0.717, 1.165) is 5.56 Å². The first-order chi connectivity index (χ1) is 14.9. The fraction of sp³-hybridized carbons (Fsp3) is 0.364. The van der Waals surface area contributed by atoms with Gasteiger partial charge in [-0.3, -0.25) is 14.6 Å². The Labute approximate surface area is 191 Å². The van der Waals surface area contributed by atoms with Gasteiger partial charge >= 0.3 is 5.97 Å². The van der Waals surface area contributed by atoms with E-state index in [4.69, 9.17) is 32.7 Å². The van der Waals surface area contributed by atoms with E-state index in [9.17, 15) is 9.59 Å². The molecule has 1 atom stereocenters. The summed E-state index contributed by atoms with van der Waals surface area (Å²) in [4.78, 5) is 29.1. The summed E-state index contributed by atoms with van der Waals surface area (Å²) in [6, 6.07) is 11.8. The van der Waals surface area contributed by atoms with E-state index in [2.05, 4.69) is 10.2 Å². The zero-order valence-electron chi connectivity index (χ0n) is 17.4. The Balaban J connectivity index is 1.59. The molecule has 31 heavy (non-hydrogen) atoms. The maximum Gasteiger partial charge on any atom is 0.327 e. The lowest BCUT2D eigenvalue weighted by molar-refractivity contribution is -0.148. The highest BCUT2D eigenvalue weighted by Crippen LogP contribution is 2.28. The lowest BCUT2D eigenvalue weighted by atomic mass is 10.0. The Morgan fingerprint density at radius 2 is 1.65 bits per heavy atom. The summed E-state index contributed by atoms with van der Waals surface area (Å²) >= 11 is 12.0. The van der Waals surface area contributed by atoms with Gasteiger partial charge in [0.25, 0.3) is 0 Å². The van der Waals surface area contributed by atoms with E-state index >= 15 is 0 Å². The van der Waals surface area contributed by atoms with Crippen molar-refractivity contribution in [2.75, 3.05) is 52.3 Å². The van der Waals surface area contributed by atoms with Crippen molar-refractivity contribution in [1.82, 2.24) is 9.80 Å². The van der Waals surface area contributed by atoms with Crippen molar-refractivity contribution in [1.29, 1.82) is 0 Å². The Bertz CT molecular complexity index is 915. The molecule has 2 aromatic carbocycles. The van der Waals surface area contributed by atoms with E-state index in [1.807, 2.05) is 17.0 Å². The first-order valence-electron chi connectivity index (χ1n) is 9.84. The van der Waals surface area contributed by atoms with Crippen LogP contribution in [0.15, 0.2) is 42.5 Å². The van der Waals surface area contributed by atoms with Crippen molar-refractivity contribution in [3.05, 3.63) is 58.1 Å². The average molecular weight is 466 g/mol. The van der Waals surface area contributed by atoms with Gasteiger partial charge in [0, 0.05) is 36.2 Å².